The summed E-state index contributed by atoms with van der Waals surface area (Å²) in [5, 5.41) is 30.3. The molecule has 0 saturated heterocycles. The zero-order chi connectivity index (χ0) is 13.0. The number of carboxylic acid groups (broad SMARTS) is 1. The number of hydrogen-bond donors (Lipinski definition) is 2. The average Bonchev–Trinajstić information content (AvgIpc) is 2.76. The van der Waals surface area contributed by atoms with Crippen molar-refractivity contribution in [3.05, 3.63) is 16.1 Å². The fourth-order valence-electron chi connectivity index (χ4n) is 1.03. The second-order valence-electron chi connectivity index (χ2n) is 3.01. The molecule has 0 aliphatic heterocycles. The Bertz CT molecular complexity index is 417. The van der Waals surface area contributed by atoms with E-state index in [4.69, 9.17) is 0 Å². The van der Waals surface area contributed by atoms with Crippen molar-refractivity contribution in [3.8, 4) is 0 Å². The molecule has 1 aromatic rings. The number of thiazole rings is 1. The summed E-state index contributed by atoms with van der Waals surface area (Å²) >= 11 is 0.732. The number of ether oxygens (including phenoxy) is 1. The van der Waals surface area contributed by atoms with Crippen LogP contribution in [0.1, 0.15) is 28.5 Å². The molecule has 0 radical (unpaired) electrons. The van der Waals surface area contributed by atoms with Gasteiger partial charge in [-0.1, -0.05) is 0 Å². The Hall–Kier alpha value is -1.51. The van der Waals surface area contributed by atoms with E-state index in [1.807, 2.05) is 0 Å². The largest absolute Gasteiger partial charge is 0.542 e. The van der Waals surface area contributed by atoms with Crippen molar-refractivity contribution in [2.45, 2.75) is 19.1 Å². The van der Waals surface area contributed by atoms with Crippen molar-refractivity contribution in [3.63, 3.8) is 0 Å². The Balaban J connectivity index is 2.77. The van der Waals surface area contributed by atoms with Crippen molar-refractivity contribution in [2.24, 2.45) is 0 Å². The van der Waals surface area contributed by atoms with E-state index in [1.54, 1.807) is 6.92 Å². The fourth-order valence-corrected chi connectivity index (χ4v) is 1.71. The van der Waals surface area contributed by atoms with Crippen molar-refractivity contribution >= 4 is 23.3 Å². The maximum absolute atomic E-state index is 11.1. The van der Waals surface area contributed by atoms with Crippen LogP contribution in [0.3, 0.4) is 0 Å². The Morgan fingerprint density at radius 1 is 1.59 bits per heavy atom. The van der Waals surface area contributed by atoms with Gasteiger partial charge < -0.3 is 24.9 Å². The van der Waals surface area contributed by atoms with Crippen LogP contribution in [0.25, 0.3) is 0 Å². The first-order valence-corrected chi connectivity index (χ1v) is 5.54. The zero-order valence-corrected chi connectivity index (χ0v) is 9.64. The number of rotatable bonds is 5. The first-order chi connectivity index (χ1) is 7.97. The SMILES string of the molecule is CCOC(=O)C(O)C(O)c1csc(C(=O)[O-])n1. The summed E-state index contributed by atoms with van der Waals surface area (Å²) in [6.45, 7) is 1.61. The highest BCUT2D eigenvalue weighted by atomic mass is 32.1. The summed E-state index contributed by atoms with van der Waals surface area (Å²) in [4.78, 5) is 25.1. The van der Waals surface area contributed by atoms with Gasteiger partial charge in [-0.25, -0.2) is 9.78 Å². The molecular weight excluding hydrogens is 250 g/mol. The molecule has 0 aliphatic rings. The van der Waals surface area contributed by atoms with E-state index in [0.717, 1.165) is 11.3 Å². The molecule has 0 bridgehead atoms. The highest BCUT2D eigenvalue weighted by Gasteiger charge is 2.28. The second-order valence-corrected chi connectivity index (χ2v) is 3.86. The highest BCUT2D eigenvalue weighted by Crippen LogP contribution is 2.20. The van der Waals surface area contributed by atoms with E-state index in [2.05, 4.69) is 9.72 Å². The second kappa shape index (κ2) is 5.71. The van der Waals surface area contributed by atoms with Crippen LogP contribution < -0.4 is 5.11 Å². The topological polar surface area (TPSA) is 120 Å². The lowest BCUT2D eigenvalue weighted by molar-refractivity contribution is -0.255. The third-order valence-corrected chi connectivity index (χ3v) is 2.67. The van der Waals surface area contributed by atoms with Crippen LogP contribution in [0.4, 0.5) is 0 Å². The first-order valence-electron chi connectivity index (χ1n) is 4.67. The van der Waals surface area contributed by atoms with E-state index in [-0.39, 0.29) is 17.3 Å². The van der Waals surface area contributed by atoms with Crippen LogP contribution >= 0.6 is 11.3 Å². The monoisotopic (exact) mass is 260 g/mol. The van der Waals surface area contributed by atoms with Gasteiger partial charge in [-0.05, 0) is 6.92 Å². The lowest BCUT2D eigenvalue weighted by Gasteiger charge is -2.14. The number of carbonyl (C=O) groups excluding carboxylic acids is 2. The Morgan fingerprint density at radius 2 is 2.24 bits per heavy atom. The maximum Gasteiger partial charge on any atom is 0.338 e. The van der Waals surface area contributed by atoms with Crippen LogP contribution in [0, 0.1) is 0 Å². The molecule has 0 aromatic carbocycles. The number of aliphatic hydroxyl groups is 2. The molecule has 7 nitrogen and oxygen atoms in total. The third kappa shape index (κ3) is 3.22. The molecule has 1 rings (SSSR count). The molecular formula is C9H10NO6S-. The molecule has 0 amide bonds. The Morgan fingerprint density at radius 3 is 2.71 bits per heavy atom. The van der Waals surface area contributed by atoms with Gasteiger partial charge in [-0.2, -0.15) is 0 Å². The van der Waals surface area contributed by atoms with Crippen LogP contribution in [-0.4, -0.2) is 39.8 Å². The van der Waals surface area contributed by atoms with E-state index in [9.17, 15) is 24.9 Å². The minimum absolute atomic E-state index is 0.0595. The summed E-state index contributed by atoms with van der Waals surface area (Å²) in [5.41, 5.74) is -0.116. The van der Waals surface area contributed by atoms with Gasteiger partial charge in [0.25, 0.3) is 0 Å². The van der Waals surface area contributed by atoms with Crippen LogP contribution in [0.5, 0.6) is 0 Å². The number of hydrogen-bond acceptors (Lipinski definition) is 8. The smallest absolute Gasteiger partial charge is 0.338 e. The summed E-state index contributed by atoms with van der Waals surface area (Å²) in [5.74, 6) is -2.48. The number of aromatic nitrogens is 1. The maximum atomic E-state index is 11.1. The van der Waals surface area contributed by atoms with Gasteiger partial charge in [-0.3, -0.25) is 0 Å². The predicted molar refractivity (Wildman–Crippen MR) is 54.0 cm³/mol. The summed E-state index contributed by atoms with van der Waals surface area (Å²) in [6, 6.07) is 0. The molecule has 17 heavy (non-hydrogen) atoms. The number of carbonyl (C=O) groups is 2. The number of esters is 1. The van der Waals surface area contributed by atoms with E-state index in [1.165, 1.54) is 5.38 Å². The van der Waals surface area contributed by atoms with Gasteiger partial charge in [0.2, 0.25) is 0 Å². The lowest BCUT2D eigenvalue weighted by atomic mass is 10.1. The standard InChI is InChI=1S/C9H11NO6S/c1-2-16-9(15)6(12)5(11)4-3-17-7(10-4)8(13)14/h3,5-6,11-12H,2H2,1H3,(H,13,14)/p-1. The Labute approximate surface area is 100 Å². The molecule has 8 heteroatoms. The van der Waals surface area contributed by atoms with Crippen LogP contribution in [0.15, 0.2) is 5.38 Å². The zero-order valence-electron chi connectivity index (χ0n) is 8.82. The quantitative estimate of drug-likeness (QED) is 0.616. The Kier molecular flexibility index (Phi) is 4.55. The molecule has 0 aliphatic carbocycles. The molecule has 2 N–H and O–H groups in total. The number of aliphatic hydroxyl groups excluding tert-OH is 2. The summed E-state index contributed by atoms with van der Waals surface area (Å²) in [6.07, 6.45) is -3.43. The molecule has 2 atom stereocenters. The van der Waals surface area contributed by atoms with E-state index < -0.39 is 24.1 Å². The van der Waals surface area contributed by atoms with Crippen LogP contribution in [0.2, 0.25) is 0 Å². The van der Waals surface area contributed by atoms with Gasteiger partial charge in [0, 0.05) is 5.38 Å². The molecule has 0 spiro atoms. The predicted octanol–water partition coefficient (Wildman–Crippen LogP) is -1.54. The van der Waals surface area contributed by atoms with Gasteiger partial charge in [0.15, 0.2) is 6.10 Å². The minimum Gasteiger partial charge on any atom is -0.542 e. The van der Waals surface area contributed by atoms with Crippen molar-refractivity contribution < 1.29 is 29.6 Å². The third-order valence-electron chi connectivity index (χ3n) is 1.83. The molecule has 0 fully saturated rings. The average molecular weight is 260 g/mol. The molecule has 2 unspecified atom stereocenters. The molecule has 1 heterocycles. The normalized spacial score (nSPS) is 14.1. The first kappa shape index (κ1) is 13.6. The molecule has 1 aromatic heterocycles. The van der Waals surface area contributed by atoms with Gasteiger partial charge in [0.05, 0.1) is 12.3 Å². The number of aromatic carboxylic acids is 1. The molecule has 0 saturated carbocycles. The number of carboxylic acids is 1. The van der Waals surface area contributed by atoms with E-state index in [0.29, 0.717) is 0 Å². The van der Waals surface area contributed by atoms with Gasteiger partial charge >= 0.3 is 5.97 Å². The van der Waals surface area contributed by atoms with Crippen molar-refractivity contribution in [1.29, 1.82) is 0 Å². The summed E-state index contributed by atoms with van der Waals surface area (Å²) < 4.78 is 4.50. The lowest BCUT2D eigenvalue weighted by Crippen LogP contribution is -2.30. The summed E-state index contributed by atoms with van der Waals surface area (Å²) in [7, 11) is 0. The van der Waals surface area contributed by atoms with Crippen molar-refractivity contribution in [2.75, 3.05) is 6.61 Å². The number of nitrogens with zero attached hydrogens (tertiary/aromatic N) is 1. The highest BCUT2D eigenvalue weighted by molar-refractivity contribution is 7.11. The molecule has 94 valence electrons. The van der Waals surface area contributed by atoms with Crippen molar-refractivity contribution in [1.82, 2.24) is 4.98 Å². The minimum atomic E-state index is -1.80. The van der Waals surface area contributed by atoms with Gasteiger partial charge in [0.1, 0.15) is 17.1 Å². The fraction of sp³-hybridized carbons (Fsp3) is 0.444. The van der Waals surface area contributed by atoms with E-state index >= 15 is 0 Å². The van der Waals surface area contributed by atoms with Crippen LogP contribution in [-0.2, 0) is 9.53 Å². The van der Waals surface area contributed by atoms with Gasteiger partial charge in [-0.15, -0.1) is 11.3 Å².